The van der Waals surface area contributed by atoms with Crippen LogP contribution in [-0.2, 0) is 19.1 Å². The van der Waals surface area contributed by atoms with E-state index in [1.54, 1.807) is 6.92 Å². The average Bonchev–Trinajstić information content (AvgIpc) is 2.32. The number of rotatable bonds is 9. The van der Waals surface area contributed by atoms with Crippen LogP contribution in [-0.4, -0.2) is 30.8 Å². The van der Waals surface area contributed by atoms with Crippen molar-refractivity contribution in [2.24, 2.45) is 0 Å². The normalized spacial score (nSPS) is 9.47. The van der Waals surface area contributed by atoms with Gasteiger partial charge in [0.25, 0.3) is 0 Å². The van der Waals surface area contributed by atoms with Gasteiger partial charge in [-0.1, -0.05) is 13.5 Å². The fraction of sp³-hybridized carbons (Fsp3) is 0.583. The van der Waals surface area contributed by atoms with Crippen molar-refractivity contribution in [3.8, 4) is 0 Å². The molecule has 0 atom stereocenters. The highest BCUT2D eigenvalue weighted by Crippen LogP contribution is 1.95. The number of nitrogens with one attached hydrogen (secondary N) is 1. The van der Waals surface area contributed by atoms with E-state index in [0.717, 1.165) is 0 Å². The summed E-state index contributed by atoms with van der Waals surface area (Å²) in [4.78, 5) is 32.7. The van der Waals surface area contributed by atoms with E-state index in [4.69, 9.17) is 4.74 Å². The number of hydrogen-bond donors (Lipinski definition) is 1. The molecule has 0 rings (SSSR count). The Kier molecular flexibility index (Phi) is 8.64. The van der Waals surface area contributed by atoms with Crippen molar-refractivity contribution in [3.05, 3.63) is 12.7 Å². The summed E-state index contributed by atoms with van der Waals surface area (Å²) in [5, 5.41) is 2.61. The van der Waals surface area contributed by atoms with Gasteiger partial charge in [-0.05, 0) is 18.9 Å². The Morgan fingerprint density at radius 1 is 1.29 bits per heavy atom. The van der Waals surface area contributed by atoms with Gasteiger partial charge in [0.15, 0.2) is 0 Å². The summed E-state index contributed by atoms with van der Waals surface area (Å²) in [7, 11) is 0. The number of hydrogen-bond acceptors (Lipinski definition) is 4. The molecule has 0 fully saturated rings. The molecule has 0 saturated carbocycles. The molecule has 5 heteroatoms. The van der Waals surface area contributed by atoms with Gasteiger partial charge >= 0.3 is 5.97 Å². The highest BCUT2D eigenvalue weighted by molar-refractivity contribution is 5.95. The van der Waals surface area contributed by atoms with Crippen molar-refractivity contribution in [1.29, 1.82) is 0 Å². The lowest BCUT2D eigenvalue weighted by Gasteiger charge is -2.04. The van der Waals surface area contributed by atoms with Gasteiger partial charge in [0, 0.05) is 13.0 Å². The molecule has 0 bridgehead atoms. The molecule has 0 aliphatic carbocycles. The Labute approximate surface area is 101 Å². The standard InChI is InChI=1S/C12H19NO4/c1-3-10(14)9-12(16)17-8-6-5-7-13-11(15)4-2/h4H,2-3,5-9H2,1H3,(H,13,15). The molecule has 0 unspecified atom stereocenters. The number of Topliss-reactive ketones (excluding diaryl/α,β-unsaturated/α-hetero) is 1. The van der Waals surface area contributed by atoms with E-state index in [-0.39, 0.29) is 24.7 Å². The number of carbonyl (C=O) groups is 3. The summed E-state index contributed by atoms with van der Waals surface area (Å²) in [6.07, 6.45) is 2.78. The maximum absolute atomic E-state index is 11.1. The predicted molar refractivity (Wildman–Crippen MR) is 63.3 cm³/mol. The third-order valence-corrected chi connectivity index (χ3v) is 2.05. The molecule has 0 aliphatic rings. The molecule has 1 amide bonds. The number of amides is 1. The van der Waals surface area contributed by atoms with Crippen LogP contribution in [0, 0.1) is 0 Å². The largest absolute Gasteiger partial charge is 0.465 e. The molecule has 5 nitrogen and oxygen atoms in total. The van der Waals surface area contributed by atoms with E-state index in [0.29, 0.717) is 25.8 Å². The van der Waals surface area contributed by atoms with E-state index in [1.165, 1.54) is 6.08 Å². The Hall–Kier alpha value is -1.65. The van der Waals surface area contributed by atoms with Crippen molar-refractivity contribution in [3.63, 3.8) is 0 Å². The minimum Gasteiger partial charge on any atom is -0.465 e. The highest BCUT2D eigenvalue weighted by atomic mass is 16.5. The van der Waals surface area contributed by atoms with E-state index in [9.17, 15) is 14.4 Å². The average molecular weight is 241 g/mol. The smallest absolute Gasteiger partial charge is 0.313 e. The summed E-state index contributed by atoms with van der Waals surface area (Å²) in [6, 6.07) is 0. The van der Waals surface area contributed by atoms with Gasteiger partial charge in [-0.25, -0.2) is 0 Å². The molecule has 0 aromatic carbocycles. The van der Waals surface area contributed by atoms with Crippen molar-refractivity contribution in [2.75, 3.05) is 13.2 Å². The van der Waals surface area contributed by atoms with Crippen molar-refractivity contribution in [2.45, 2.75) is 32.6 Å². The predicted octanol–water partition coefficient (Wildman–Crippen LogP) is 0.981. The maximum atomic E-state index is 11.1. The zero-order valence-electron chi connectivity index (χ0n) is 10.2. The van der Waals surface area contributed by atoms with Gasteiger partial charge in [-0.3, -0.25) is 14.4 Å². The molecule has 96 valence electrons. The number of esters is 1. The molecule has 0 spiro atoms. The van der Waals surface area contributed by atoms with Gasteiger partial charge in [0.2, 0.25) is 5.91 Å². The van der Waals surface area contributed by atoms with E-state index in [1.807, 2.05) is 0 Å². The summed E-state index contributed by atoms with van der Waals surface area (Å²) in [5.74, 6) is -0.809. The molecule has 0 radical (unpaired) electrons. The topological polar surface area (TPSA) is 72.5 Å². The van der Waals surface area contributed by atoms with Crippen LogP contribution in [0.1, 0.15) is 32.6 Å². The molecule has 1 N–H and O–H groups in total. The molecule has 0 heterocycles. The first kappa shape index (κ1) is 15.3. The Balaban J connectivity index is 3.39. The lowest BCUT2D eigenvalue weighted by molar-refractivity contribution is -0.146. The molecular formula is C12H19NO4. The van der Waals surface area contributed by atoms with Crippen LogP contribution >= 0.6 is 0 Å². The summed E-state index contributed by atoms with van der Waals surface area (Å²) in [5.41, 5.74) is 0. The summed E-state index contributed by atoms with van der Waals surface area (Å²) in [6.45, 7) is 5.83. The van der Waals surface area contributed by atoms with Gasteiger partial charge in [-0.2, -0.15) is 0 Å². The number of ketones is 1. The van der Waals surface area contributed by atoms with E-state index < -0.39 is 5.97 Å². The fourth-order valence-electron chi connectivity index (χ4n) is 1.03. The quantitative estimate of drug-likeness (QED) is 0.283. The zero-order valence-corrected chi connectivity index (χ0v) is 10.2. The minimum absolute atomic E-state index is 0.117. The molecule has 17 heavy (non-hydrogen) atoms. The third-order valence-electron chi connectivity index (χ3n) is 2.05. The summed E-state index contributed by atoms with van der Waals surface area (Å²) >= 11 is 0. The molecule has 0 aromatic rings. The van der Waals surface area contributed by atoms with Crippen LogP contribution in [0.3, 0.4) is 0 Å². The Morgan fingerprint density at radius 3 is 2.59 bits per heavy atom. The van der Waals surface area contributed by atoms with Crippen LogP contribution in [0.15, 0.2) is 12.7 Å². The fourth-order valence-corrected chi connectivity index (χ4v) is 1.03. The minimum atomic E-state index is -0.480. The first-order chi connectivity index (χ1) is 8.10. The SMILES string of the molecule is C=CC(=O)NCCCCOC(=O)CC(=O)CC. The Bertz CT molecular complexity index is 286. The molecule has 0 saturated heterocycles. The van der Waals surface area contributed by atoms with Crippen LogP contribution in [0.25, 0.3) is 0 Å². The lowest BCUT2D eigenvalue weighted by Crippen LogP contribution is -2.22. The number of unbranched alkanes of at least 4 members (excludes halogenated alkanes) is 1. The van der Waals surface area contributed by atoms with E-state index >= 15 is 0 Å². The van der Waals surface area contributed by atoms with Gasteiger partial charge in [0.1, 0.15) is 12.2 Å². The molecule has 0 aromatic heterocycles. The van der Waals surface area contributed by atoms with Gasteiger partial charge in [-0.15, -0.1) is 0 Å². The second-order valence-corrected chi connectivity index (χ2v) is 3.49. The lowest BCUT2D eigenvalue weighted by atomic mass is 10.2. The second kappa shape index (κ2) is 9.57. The second-order valence-electron chi connectivity index (χ2n) is 3.49. The van der Waals surface area contributed by atoms with Gasteiger partial charge < -0.3 is 10.1 Å². The third kappa shape index (κ3) is 9.29. The van der Waals surface area contributed by atoms with Crippen molar-refractivity contribution < 1.29 is 19.1 Å². The first-order valence-electron chi connectivity index (χ1n) is 5.67. The van der Waals surface area contributed by atoms with Crippen molar-refractivity contribution >= 4 is 17.7 Å². The monoisotopic (exact) mass is 241 g/mol. The first-order valence-corrected chi connectivity index (χ1v) is 5.67. The van der Waals surface area contributed by atoms with E-state index in [2.05, 4.69) is 11.9 Å². The van der Waals surface area contributed by atoms with Crippen LogP contribution in [0.5, 0.6) is 0 Å². The number of carbonyl (C=O) groups excluding carboxylic acids is 3. The van der Waals surface area contributed by atoms with Crippen LogP contribution < -0.4 is 5.32 Å². The maximum Gasteiger partial charge on any atom is 0.313 e. The Morgan fingerprint density at radius 2 is 2.00 bits per heavy atom. The van der Waals surface area contributed by atoms with Crippen LogP contribution in [0.2, 0.25) is 0 Å². The number of ether oxygens (including phenoxy) is 1. The van der Waals surface area contributed by atoms with Gasteiger partial charge in [0.05, 0.1) is 6.61 Å². The molecular weight excluding hydrogens is 222 g/mol. The van der Waals surface area contributed by atoms with Crippen molar-refractivity contribution in [1.82, 2.24) is 5.32 Å². The zero-order chi connectivity index (χ0) is 13.1. The molecule has 0 aliphatic heterocycles. The highest BCUT2D eigenvalue weighted by Gasteiger charge is 2.07. The summed E-state index contributed by atoms with van der Waals surface area (Å²) < 4.78 is 4.86. The van der Waals surface area contributed by atoms with Crippen LogP contribution in [0.4, 0.5) is 0 Å².